The van der Waals surface area contributed by atoms with Crippen LogP contribution in [0.25, 0.3) is 11.4 Å². The number of benzene rings is 2. The number of nitrogens with one attached hydrogen (secondary N) is 2. The van der Waals surface area contributed by atoms with Gasteiger partial charge < -0.3 is 29.7 Å². The first-order valence-corrected chi connectivity index (χ1v) is 13.2. The highest BCUT2D eigenvalue weighted by Crippen LogP contribution is 2.34. The number of amides is 2. The zero-order valence-electron chi connectivity index (χ0n) is 24.0. The van der Waals surface area contributed by atoms with Gasteiger partial charge in [-0.25, -0.2) is 19.7 Å². The SMILES string of the molecule is CCOc1cc(-c2ncc(NC(=O)Nc3ccc(CN(C)C)c(C(F)(F)F)c3)cn2)cnc1OCc1ccc(OC)cc1. The highest BCUT2D eigenvalue weighted by molar-refractivity contribution is 5.99. The fraction of sp³-hybridized carbons (Fsp3) is 0.267. The van der Waals surface area contributed by atoms with E-state index in [1.807, 2.05) is 31.2 Å². The third kappa shape index (κ3) is 8.55. The fourth-order valence-electron chi connectivity index (χ4n) is 4.03. The first kappa shape index (κ1) is 31.0. The van der Waals surface area contributed by atoms with E-state index in [9.17, 15) is 18.0 Å². The van der Waals surface area contributed by atoms with E-state index in [1.165, 1.54) is 24.5 Å². The van der Waals surface area contributed by atoms with E-state index in [0.29, 0.717) is 29.6 Å². The number of anilines is 2. The van der Waals surface area contributed by atoms with Crippen LogP contribution in [0.4, 0.5) is 29.3 Å². The van der Waals surface area contributed by atoms with Crippen molar-refractivity contribution in [3.63, 3.8) is 0 Å². The molecule has 0 aliphatic carbocycles. The van der Waals surface area contributed by atoms with Gasteiger partial charge in [-0.2, -0.15) is 13.2 Å². The highest BCUT2D eigenvalue weighted by atomic mass is 19.4. The number of carbonyl (C=O) groups excluding carboxylic acids is 1. The predicted octanol–water partition coefficient (Wildman–Crippen LogP) is 6.25. The summed E-state index contributed by atoms with van der Waals surface area (Å²) in [4.78, 5) is 27.1. The molecule has 0 fully saturated rings. The van der Waals surface area contributed by atoms with Crippen molar-refractivity contribution in [2.45, 2.75) is 26.3 Å². The van der Waals surface area contributed by atoms with Crippen LogP contribution < -0.4 is 24.8 Å². The number of methoxy groups -OCH3 is 1. The molecule has 0 saturated heterocycles. The van der Waals surface area contributed by atoms with Gasteiger partial charge in [0.25, 0.3) is 5.88 Å². The van der Waals surface area contributed by atoms with E-state index in [0.717, 1.165) is 17.4 Å². The van der Waals surface area contributed by atoms with Gasteiger partial charge >= 0.3 is 12.2 Å². The van der Waals surface area contributed by atoms with Crippen molar-refractivity contribution < 1.29 is 32.2 Å². The second-order valence-corrected chi connectivity index (χ2v) is 9.58. The molecule has 2 amide bonds. The second-order valence-electron chi connectivity index (χ2n) is 9.58. The minimum absolute atomic E-state index is 0.00584. The number of hydrogen-bond acceptors (Lipinski definition) is 8. The van der Waals surface area contributed by atoms with Gasteiger partial charge in [0.1, 0.15) is 12.4 Å². The molecule has 0 atom stereocenters. The normalized spacial score (nSPS) is 11.3. The second kappa shape index (κ2) is 13.8. The molecule has 0 bridgehead atoms. The number of carbonyl (C=O) groups is 1. The van der Waals surface area contributed by atoms with Crippen molar-refractivity contribution in [2.75, 3.05) is 38.4 Å². The number of nitrogens with zero attached hydrogens (tertiary/aromatic N) is 4. The number of pyridine rings is 1. The molecule has 2 heterocycles. The molecule has 43 heavy (non-hydrogen) atoms. The van der Waals surface area contributed by atoms with Crippen molar-refractivity contribution in [3.8, 4) is 28.8 Å². The lowest BCUT2D eigenvalue weighted by Crippen LogP contribution is -2.21. The molecule has 10 nitrogen and oxygen atoms in total. The van der Waals surface area contributed by atoms with E-state index in [-0.39, 0.29) is 30.1 Å². The summed E-state index contributed by atoms with van der Waals surface area (Å²) in [5, 5.41) is 4.94. The van der Waals surface area contributed by atoms with Crippen molar-refractivity contribution in [2.24, 2.45) is 0 Å². The lowest BCUT2D eigenvalue weighted by atomic mass is 10.1. The topological polar surface area (TPSA) is 111 Å². The molecule has 0 radical (unpaired) electrons. The maximum atomic E-state index is 13.6. The van der Waals surface area contributed by atoms with Gasteiger partial charge in [0.05, 0.1) is 37.4 Å². The molecule has 2 aromatic heterocycles. The van der Waals surface area contributed by atoms with Crippen LogP contribution in [0.1, 0.15) is 23.6 Å². The Balaban J connectivity index is 1.41. The maximum absolute atomic E-state index is 13.6. The molecular weight excluding hydrogens is 565 g/mol. The minimum Gasteiger partial charge on any atom is -0.497 e. The van der Waals surface area contributed by atoms with Gasteiger partial charge in [-0.3, -0.25) is 0 Å². The van der Waals surface area contributed by atoms with Gasteiger partial charge in [0, 0.05) is 24.0 Å². The van der Waals surface area contributed by atoms with Crippen molar-refractivity contribution >= 4 is 17.4 Å². The van der Waals surface area contributed by atoms with Crippen LogP contribution in [0.2, 0.25) is 0 Å². The summed E-state index contributed by atoms with van der Waals surface area (Å²) in [7, 11) is 4.95. The molecule has 0 aliphatic heterocycles. The average molecular weight is 597 g/mol. The summed E-state index contributed by atoms with van der Waals surface area (Å²) < 4.78 is 57.5. The Labute approximate surface area is 246 Å². The van der Waals surface area contributed by atoms with E-state index in [4.69, 9.17) is 14.2 Å². The number of hydrogen-bond donors (Lipinski definition) is 2. The van der Waals surface area contributed by atoms with Gasteiger partial charge in [0.2, 0.25) is 0 Å². The van der Waals surface area contributed by atoms with Gasteiger partial charge in [0.15, 0.2) is 11.6 Å². The lowest BCUT2D eigenvalue weighted by molar-refractivity contribution is -0.138. The average Bonchev–Trinajstić information content (AvgIpc) is 2.97. The number of rotatable bonds is 11. The zero-order valence-corrected chi connectivity index (χ0v) is 24.0. The number of aromatic nitrogens is 3. The third-order valence-electron chi connectivity index (χ3n) is 5.98. The predicted molar refractivity (Wildman–Crippen MR) is 155 cm³/mol. The summed E-state index contributed by atoms with van der Waals surface area (Å²) in [5.41, 5.74) is 0.989. The quantitative estimate of drug-likeness (QED) is 0.209. The summed E-state index contributed by atoms with van der Waals surface area (Å²) in [6.07, 6.45) is -0.282. The molecule has 0 aliphatic rings. The van der Waals surface area contributed by atoms with Crippen molar-refractivity contribution in [1.82, 2.24) is 19.9 Å². The third-order valence-corrected chi connectivity index (χ3v) is 5.98. The van der Waals surface area contributed by atoms with Crippen molar-refractivity contribution in [3.05, 3.63) is 83.8 Å². The first-order chi connectivity index (χ1) is 20.5. The molecule has 4 rings (SSSR count). The van der Waals surface area contributed by atoms with Crippen LogP contribution in [0, 0.1) is 0 Å². The lowest BCUT2D eigenvalue weighted by Gasteiger charge is -2.18. The minimum atomic E-state index is -4.57. The molecule has 0 spiro atoms. The Morgan fingerprint density at radius 2 is 1.60 bits per heavy atom. The number of halogens is 3. The maximum Gasteiger partial charge on any atom is 0.416 e. The zero-order chi connectivity index (χ0) is 31.0. The van der Waals surface area contributed by atoms with Crippen LogP contribution in [0.3, 0.4) is 0 Å². The van der Waals surface area contributed by atoms with Crippen LogP contribution >= 0.6 is 0 Å². The molecule has 0 saturated carbocycles. The Morgan fingerprint density at radius 1 is 0.907 bits per heavy atom. The Kier molecular flexibility index (Phi) is 9.99. The van der Waals surface area contributed by atoms with Crippen LogP contribution in [-0.4, -0.2) is 53.7 Å². The number of urea groups is 1. The molecule has 4 aromatic rings. The Morgan fingerprint density at radius 3 is 2.23 bits per heavy atom. The molecule has 13 heteroatoms. The Bertz CT molecular complexity index is 1530. The molecule has 226 valence electrons. The van der Waals surface area contributed by atoms with E-state index >= 15 is 0 Å². The highest BCUT2D eigenvalue weighted by Gasteiger charge is 2.33. The molecular formula is C30H31F3N6O4. The number of alkyl halides is 3. The monoisotopic (exact) mass is 596 g/mol. The largest absolute Gasteiger partial charge is 0.497 e. The summed E-state index contributed by atoms with van der Waals surface area (Å²) in [6, 6.07) is 12.1. The summed E-state index contributed by atoms with van der Waals surface area (Å²) >= 11 is 0. The first-order valence-electron chi connectivity index (χ1n) is 13.2. The van der Waals surface area contributed by atoms with Gasteiger partial charge in [-0.1, -0.05) is 18.2 Å². The van der Waals surface area contributed by atoms with E-state index in [2.05, 4.69) is 25.6 Å². The fourth-order valence-corrected chi connectivity index (χ4v) is 4.03. The van der Waals surface area contributed by atoms with Gasteiger partial charge in [-0.05, 0) is 62.5 Å². The van der Waals surface area contributed by atoms with Gasteiger partial charge in [-0.15, -0.1) is 0 Å². The summed E-state index contributed by atoms with van der Waals surface area (Å²) in [5.74, 6) is 1.77. The van der Waals surface area contributed by atoms with E-state index < -0.39 is 17.8 Å². The van der Waals surface area contributed by atoms with Crippen LogP contribution in [0.5, 0.6) is 17.4 Å². The standard InChI is InChI=1S/C30H31F3N6O4/c1-5-42-26-12-21(14-36-28(26)43-18-19-6-10-24(41-4)11-7-19)27-34-15-23(16-35-27)38-29(40)37-22-9-8-20(17-39(2)3)25(13-22)30(31,32)33/h6-16H,5,17-18H2,1-4H3,(H2,37,38,40). The summed E-state index contributed by atoms with van der Waals surface area (Å²) in [6.45, 7) is 2.59. The molecule has 2 aromatic carbocycles. The Hall–Kier alpha value is -4.91. The van der Waals surface area contributed by atoms with Crippen LogP contribution in [0.15, 0.2) is 67.1 Å². The molecule has 0 unspecified atom stereocenters. The molecule has 2 N–H and O–H groups in total. The number of ether oxygens (including phenoxy) is 3. The van der Waals surface area contributed by atoms with Crippen molar-refractivity contribution in [1.29, 1.82) is 0 Å². The smallest absolute Gasteiger partial charge is 0.416 e. The van der Waals surface area contributed by atoms with E-state index in [1.54, 1.807) is 38.4 Å². The van der Waals surface area contributed by atoms with Crippen LogP contribution in [-0.2, 0) is 19.3 Å².